The number of nitrogens with two attached hydrogens (primary N) is 2. The Kier molecular flexibility index (Phi) is 12.0. The Morgan fingerprint density at radius 1 is 0.581 bits per heavy atom. The van der Waals surface area contributed by atoms with Gasteiger partial charge in [0.15, 0.2) is 0 Å². The molecule has 3 rings (SSSR count). The van der Waals surface area contributed by atoms with Gasteiger partial charge in [-0.25, -0.2) is 17.6 Å². The number of hydrogen-bond donors (Lipinski definition) is 5. The molecule has 0 bridgehead atoms. The summed E-state index contributed by atoms with van der Waals surface area (Å²) in [5.41, 5.74) is 12.1. The van der Waals surface area contributed by atoms with E-state index in [1.165, 1.54) is 12.1 Å². The van der Waals surface area contributed by atoms with Gasteiger partial charge in [0.05, 0.1) is 11.1 Å². The van der Waals surface area contributed by atoms with Crippen molar-refractivity contribution >= 4 is 17.4 Å². The maximum atomic E-state index is 13.9. The van der Waals surface area contributed by atoms with E-state index in [9.17, 15) is 17.6 Å². The van der Waals surface area contributed by atoms with Crippen molar-refractivity contribution in [2.24, 2.45) is 11.5 Å². The Bertz CT molecular complexity index is 1480. The summed E-state index contributed by atoms with van der Waals surface area (Å²) in [6.07, 6.45) is 0. The van der Waals surface area contributed by atoms with E-state index in [1.54, 1.807) is 37.3 Å². The molecule has 43 heavy (non-hydrogen) atoms. The van der Waals surface area contributed by atoms with Crippen molar-refractivity contribution in [3.8, 4) is 0 Å². The zero-order valence-corrected chi connectivity index (χ0v) is 26.8. The molecule has 3 aromatic carbocycles. The van der Waals surface area contributed by atoms with Gasteiger partial charge in [-0.05, 0) is 58.1 Å². The van der Waals surface area contributed by atoms with Crippen LogP contribution in [0, 0.1) is 39.5 Å². The maximum Gasteiger partial charge on any atom is 0.140 e. The van der Waals surface area contributed by atoms with Crippen molar-refractivity contribution in [1.29, 1.82) is 16.2 Å². The highest BCUT2D eigenvalue weighted by atomic mass is 19.1. The molecule has 0 fully saturated rings. The van der Waals surface area contributed by atoms with Crippen LogP contribution in [0.5, 0.6) is 0 Å². The first kappa shape index (κ1) is 37.0. The largest absolute Gasteiger partial charge is 0.384 e. The molecule has 7 N–H and O–H groups in total. The number of halogens is 4. The lowest BCUT2D eigenvalue weighted by molar-refractivity contribution is 0.509. The molecule has 0 aromatic heterocycles. The van der Waals surface area contributed by atoms with Gasteiger partial charge in [0, 0.05) is 11.3 Å². The van der Waals surface area contributed by atoms with Gasteiger partial charge in [-0.1, -0.05) is 92.6 Å². The van der Waals surface area contributed by atoms with Crippen LogP contribution in [-0.4, -0.2) is 17.4 Å². The molecule has 5 nitrogen and oxygen atoms in total. The molecule has 234 valence electrons. The Morgan fingerprint density at radius 3 is 1.49 bits per heavy atom. The summed E-state index contributed by atoms with van der Waals surface area (Å²) in [4.78, 5) is 0. The third kappa shape index (κ3) is 10.0. The number of amidine groups is 2. The van der Waals surface area contributed by atoms with Gasteiger partial charge in [-0.2, -0.15) is 0 Å². The second kappa shape index (κ2) is 14.0. The van der Waals surface area contributed by atoms with Crippen LogP contribution in [0.4, 0.5) is 17.6 Å². The fraction of sp³-hybridized carbons (Fsp3) is 0.382. The van der Waals surface area contributed by atoms with Gasteiger partial charge in [-0.3, -0.25) is 10.8 Å². The molecule has 0 aliphatic carbocycles. The first-order chi connectivity index (χ1) is 19.4. The summed E-state index contributed by atoms with van der Waals surface area (Å²) in [6, 6.07) is 12.5. The molecule has 0 radical (unpaired) electrons. The summed E-state index contributed by atoms with van der Waals surface area (Å²) in [6.45, 7) is 19.0. The molecular formula is C34H45F4N5. The van der Waals surface area contributed by atoms with Crippen molar-refractivity contribution in [3.63, 3.8) is 0 Å². The summed E-state index contributed by atoms with van der Waals surface area (Å²) >= 11 is 0. The standard InChI is InChI=1S/C12H16FN.C11H14F2N2.C11H15FN2/c1-8(14)9-6-5-7-10(11(9)13)12(2,3)4;1-11(2,3)6-4-5-7(12)8(9(6)13)10(14)15;1-11(2,3)7-4-5-9(12)8(6-7)10(13)14/h5-7,14H,1-4H3;4-5H,1-3H3,(H3,14,15);4-6H,1-3H3,(H3,13,14). The molecule has 9 heteroatoms. The van der Waals surface area contributed by atoms with Gasteiger partial charge in [0.1, 0.15) is 34.9 Å². The average molecular weight is 600 g/mol. The van der Waals surface area contributed by atoms with Gasteiger partial charge in [0.2, 0.25) is 0 Å². The Labute approximate surface area is 253 Å². The van der Waals surface area contributed by atoms with Gasteiger partial charge in [0.25, 0.3) is 0 Å². The fourth-order valence-electron chi connectivity index (χ4n) is 3.98. The number of rotatable bonds is 3. The Balaban J connectivity index is 0.000000323. The van der Waals surface area contributed by atoms with E-state index in [2.05, 4.69) is 0 Å². The smallest absolute Gasteiger partial charge is 0.140 e. The van der Waals surface area contributed by atoms with Crippen LogP contribution in [-0.2, 0) is 16.2 Å². The van der Waals surface area contributed by atoms with Crippen LogP contribution >= 0.6 is 0 Å². The van der Waals surface area contributed by atoms with Crippen molar-refractivity contribution in [3.05, 3.63) is 105 Å². The van der Waals surface area contributed by atoms with E-state index in [-0.39, 0.29) is 33.8 Å². The van der Waals surface area contributed by atoms with Crippen LogP contribution in [0.3, 0.4) is 0 Å². The SMILES string of the molecule is CC(=N)c1cccc(C(C)(C)C)c1F.CC(C)(C)c1ccc(F)c(C(=N)N)c1.CC(C)(C)c1ccc(F)c(C(=N)N)c1F. The van der Waals surface area contributed by atoms with Gasteiger partial charge >= 0.3 is 0 Å². The third-order valence-electron chi connectivity index (χ3n) is 6.50. The van der Waals surface area contributed by atoms with Crippen LogP contribution in [0.2, 0.25) is 0 Å². The van der Waals surface area contributed by atoms with E-state index in [4.69, 9.17) is 27.7 Å². The quantitative estimate of drug-likeness (QED) is 0.118. The van der Waals surface area contributed by atoms with Crippen LogP contribution < -0.4 is 11.5 Å². The summed E-state index contributed by atoms with van der Waals surface area (Å²) in [7, 11) is 0. The van der Waals surface area contributed by atoms with E-state index in [1.807, 2.05) is 62.3 Å². The van der Waals surface area contributed by atoms with Crippen molar-refractivity contribution in [2.75, 3.05) is 0 Å². The lowest BCUT2D eigenvalue weighted by atomic mass is 9.85. The average Bonchev–Trinajstić information content (AvgIpc) is 2.82. The van der Waals surface area contributed by atoms with Crippen LogP contribution in [0.1, 0.15) is 103 Å². The van der Waals surface area contributed by atoms with E-state index in [0.29, 0.717) is 16.7 Å². The monoisotopic (exact) mass is 599 g/mol. The second-order valence-corrected chi connectivity index (χ2v) is 13.3. The highest BCUT2D eigenvalue weighted by Gasteiger charge is 2.24. The van der Waals surface area contributed by atoms with Crippen molar-refractivity contribution in [2.45, 2.75) is 85.5 Å². The van der Waals surface area contributed by atoms with Gasteiger partial charge in [-0.15, -0.1) is 0 Å². The molecule has 0 saturated carbocycles. The maximum absolute atomic E-state index is 13.9. The minimum atomic E-state index is -0.798. The predicted octanol–water partition coefficient (Wildman–Crippen LogP) is 8.46. The molecule has 0 amide bonds. The first-order valence-corrected chi connectivity index (χ1v) is 13.7. The molecular weight excluding hydrogens is 554 g/mol. The highest BCUT2D eigenvalue weighted by Crippen LogP contribution is 2.29. The topological polar surface area (TPSA) is 124 Å². The minimum absolute atomic E-state index is 0.0576. The Hall–Kier alpha value is -4.01. The van der Waals surface area contributed by atoms with Crippen molar-refractivity contribution < 1.29 is 17.6 Å². The molecule has 0 heterocycles. The van der Waals surface area contributed by atoms with Crippen LogP contribution in [0.25, 0.3) is 0 Å². The fourth-order valence-corrected chi connectivity index (χ4v) is 3.98. The minimum Gasteiger partial charge on any atom is -0.384 e. The lowest BCUT2D eigenvalue weighted by Crippen LogP contribution is -2.21. The normalized spacial score (nSPS) is 11.5. The Morgan fingerprint density at radius 2 is 1.07 bits per heavy atom. The number of nitrogen functional groups attached to an aromatic ring is 2. The summed E-state index contributed by atoms with van der Waals surface area (Å²) in [5, 5.41) is 21.8. The molecule has 0 unspecified atom stereocenters. The van der Waals surface area contributed by atoms with Gasteiger partial charge < -0.3 is 16.9 Å². The predicted molar refractivity (Wildman–Crippen MR) is 170 cm³/mol. The van der Waals surface area contributed by atoms with E-state index >= 15 is 0 Å². The lowest BCUT2D eigenvalue weighted by Gasteiger charge is -2.21. The molecule has 0 aliphatic rings. The number of hydrogen-bond acceptors (Lipinski definition) is 3. The van der Waals surface area contributed by atoms with E-state index < -0.39 is 34.3 Å². The van der Waals surface area contributed by atoms with Crippen molar-refractivity contribution in [1.82, 2.24) is 0 Å². The zero-order valence-electron chi connectivity index (χ0n) is 26.8. The molecule has 0 saturated heterocycles. The number of benzene rings is 3. The molecule has 3 aromatic rings. The third-order valence-corrected chi connectivity index (χ3v) is 6.50. The number of nitrogens with one attached hydrogen (secondary N) is 3. The molecule has 0 aliphatic heterocycles. The molecule has 0 atom stereocenters. The zero-order chi connectivity index (χ0) is 33.7. The highest BCUT2D eigenvalue weighted by molar-refractivity contribution is 5.97. The summed E-state index contributed by atoms with van der Waals surface area (Å²) in [5.74, 6) is -3.05. The summed E-state index contributed by atoms with van der Waals surface area (Å²) < 4.78 is 54.1. The van der Waals surface area contributed by atoms with Crippen LogP contribution in [0.15, 0.2) is 48.5 Å². The first-order valence-electron chi connectivity index (χ1n) is 13.7. The molecule has 0 spiro atoms. The van der Waals surface area contributed by atoms with E-state index in [0.717, 1.165) is 11.6 Å². The second-order valence-electron chi connectivity index (χ2n) is 13.3.